The fourth-order valence-corrected chi connectivity index (χ4v) is 5.54. The highest BCUT2D eigenvalue weighted by Crippen LogP contribution is 2.40. The number of aryl methyl sites for hydroxylation is 1. The lowest BCUT2D eigenvalue weighted by molar-refractivity contribution is 0.0116. The van der Waals surface area contributed by atoms with Crippen molar-refractivity contribution in [3.8, 4) is 0 Å². The molecule has 2 aromatic rings. The molecule has 2 aliphatic rings. The molecular weight excluding hydrogens is 428 g/mol. The summed E-state index contributed by atoms with van der Waals surface area (Å²) in [5.41, 5.74) is 1.56. The second kappa shape index (κ2) is 10.6. The molecule has 33 heavy (non-hydrogen) atoms. The highest BCUT2D eigenvalue weighted by Gasteiger charge is 2.29. The van der Waals surface area contributed by atoms with Gasteiger partial charge in [-0.05, 0) is 79.4 Å². The topological polar surface area (TPSA) is 9.23 Å². The molecule has 0 aromatic heterocycles. The zero-order valence-electron chi connectivity index (χ0n) is 19.6. The van der Waals surface area contributed by atoms with Crippen LogP contribution in [-0.4, -0.2) is 6.10 Å². The van der Waals surface area contributed by atoms with Gasteiger partial charge in [-0.2, -0.15) is 0 Å². The summed E-state index contributed by atoms with van der Waals surface area (Å²) in [6.07, 6.45) is 7.07. The van der Waals surface area contributed by atoms with Crippen LogP contribution in [0.3, 0.4) is 0 Å². The first-order valence-corrected chi connectivity index (χ1v) is 12.4. The fraction of sp³-hybridized carbons (Fsp3) is 0.571. The van der Waals surface area contributed by atoms with Crippen LogP contribution in [0.2, 0.25) is 0 Å². The summed E-state index contributed by atoms with van der Waals surface area (Å²) >= 11 is 0. The molecule has 2 saturated carbocycles. The van der Waals surface area contributed by atoms with Gasteiger partial charge in [0, 0.05) is 5.56 Å². The number of ether oxygens (including phenoxy) is 1. The molecule has 0 spiro atoms. The van der Waals surface area contributed by atoms with Gasteiger partial charge < -0.3 is 4.74 Å². The van der Waals surface area contributed by atoms with E-state index in [4.69, 9.17) is 4.74 Å². The molecule has 0 aliphatic heterocycles. The van der Waals surface area contributed by atoms with Crippen LogP contribution in [0.4, 0.5) is 17.6 Å². The third kappa shape index (κ3) is 5.29. The Hall–Kier alpha value is -1.88. The monoisotopic (exact) mass is 462 g/mol. The number of benzene rings is 2. The van der Waals surface area contributed by atoms with Gasteiger partial charge in [-0.25, -0.2) is 17.6 Å². The van der Waals surface area contributed by atoms with Crippen LogP contribution in [0.25, 0.3) is 0 Å². The third-order valence-electron chi connectivity index (χ3n) is 7.81. The molecule has 2 fully saturated rings. The molecule has 5 heteroatoms. The Morgan fingerprint density at radius 1 is 0.667 bits per heavy atom. The molecule has 0 N–H and O–H groups in total. The van der Waals surface area contributed by atoms with Crippen LogP contribution in [0, 0.1) is 29.2 Å². The maximum atomic E-state index is 15.0. The Bertz CT molecular complexity index is 957. The van der Waals surface area contributed by atoms with E-state index in [1.165, 1.54) is 0 Å². The van der Waals surface area contributed by atoms with Crippen molar-refractivity contribution in [3.63, 3.8) is 0 Å². The molecule has 2 aromatic carbocycles. The van der Waals surface area contributed by atoms with Crippen molar-refractivity contribution in [2.45, 2.75) is 96.2 Å². The standard InChI is InChI=1S/C28H34F4O/c1-3-18-8-9-21(26(30)25(18)29)16-33-22-12-10-20(11-13-22)24-15-14-23(27(31)28(24)32)19-6-4-17(2)5-7-19/h8-9,14-15,17,19-20,22H,3-7,10-13,16H2,1-2H3. The van der Waals surface area contributed by atoms with E-state index >= 15 is 4.39 Å². The molecule has 0 amide bonds. The summed E-state index contributed by atoms with van der Waals surface area (Å²) in [4.78, 5) is 0. The normalized spacial score (nSPS) is 25.9. The van der Waals surface area contributed by atoms with Gasteiger partial charge in [0.2, 0.25) is 0 Å². The molecule has 1 nitrogen and oxygen atoms in total. The summed E-state index contributed by atoms with van der Waals surface area (Å²) in [5, 5.41) is 0. The molecule has 0 atom stereocenters. The van der Waals surface area contributed by atoms with E-state index in [9.17, 15) is 13.2 Å². The van der Waals surface area contributed by atoms with Gasteiger partial charge >= 0.3 is 0 Å². The van der Waals surface area contributed by atoms with Gasteiger partial charge in [-0.3, -0.25) is 0 Å². The van der Waals surface area contributed by atoms with Crippen LogP contribution in [0.15, 0.2) is 24.3 Å². The maximum Gasteiger partial charge on any atom is 0.164 e. The van der Waals surface area contributed by atoms with Crippen LogP contribution in [0.1, 0.15) is 99.3 Å². The highest BCUT2D eigenvalue weighted by atomic mass is 19.2. The van der Waals surface area contributed by atoms with E-state index in [2.05, 4.69) is 6.92 Å². The molecule has 0 heterocycles. The Morgan fingerprint density at radius 2 is 1.15 bits per heavy atom. The lowest BCUT2D eigenvalue weighted by Gasteiger charge is -2.30. The predicted molar refractivity (Wildman–Crippen MR) is 122 cm³/mol. The van der Waals surface area contributed by atoms with Crippen molar-refractivity contribution in [1.82, 2.24) is 0 Å². The summed E-state index contributed by atoms with van der Waals surface area (Å²) in [5.74, 6) is -2.26. The van der Waals surface area contributed by atoms with E-state index in [1.54, 1.807) is 31.2 Å². The van der Waals surface area contributed by atoms with Gasteiger partial charge in [-0.1, -0.05) is 51.0 Å². The average Bonchev–Trinajstić information content (AvgIpc) is 2.83. The SMILES string of the molecule is CCc1ccc(COC2CCC(c3ccc(C4CCC(C)CC4)c(F)c3F)CC2)c(F)c1F. The Kier molecular flexibility index (Phi) is 7.78. The Balaban J connectivity index is 1.34. The number of halogens is 4. The second-order valence-electron chi connectivity index (χ2n) is 9.98. The van der Waals surface area contributed by atoms with E-state index in [0.717, 1.165) is 25.7 Å². The largest absolute Gasteiger partial charge is 0.373 e. The van der Waals surface area contributed by atoms with Crippen LogP contribution >= 0.6 is 0 Å². The van der Waals surface area contributed by atoms with E-state index in [-0.39, 0.29) is 30.1 Å². The summed E-state index contributed by atoms with van der Waals surface area (Å²) in [6, 6.07) is 6.76. The van der Waals surface area contributed by atoms with Gasteiger partial charge in [0.1, 0.15) is 0 Å². The number of hydrogen-bond acceptors (Lipinski definition) is 1. The first-order chi connectivity index (χ1) is 15.9. The molecule has 180 valence electrons. The molecule has 0 unspecified atom stereocenters. The lowest BCUT2D eigenvalue weighted by atomic mass is 9.77. The van der Waals surface area contributed by atoms with Crippen molar-refractivity contribution in [2.24, 2.45) is 5.92 Å². The van der Waals surface area contributed by atoms with E-state index < -0.39 is 23.3 Å². The quantitative estimate of drug-likeness (QED) is 0.392. The summed E-state index contributed by atoms with van der Waals surface area (Å²) < 4.78 is 64.0. The van der Waals surface area contributed by atoms with Crippen molar-refractivity contribution in [1.29, 1.82) is 0 Å². The minimum absolute atomic E-state index is 0.0137. The van der Waals surface area contributed by atoms with Crippen molar-refractivity contribution in [2.75, 3.05) is 0 Å². The molecule has 4 rings (SSSR count). The second-order valence-corrected chi connectivity index (χ2v) is 9.98. The minimum atomic E-state index is -0.840. The zero-order valence-corrected chi connectivity index (χ0v) is 19.6. The zero-order chi connectivity index (χ0) is 23.5. The average molecular weight is 463 g/mol. The first kappa shape index (κ1) is 24.3. The number of hydrogen-bond donors (Lipinski definition) is 0. The van der Waals surface area contributed by atoms with Crippen LogP contribution in [0.5, 0.6) is 0 Å². The van der Waals surface area contributed by atoms with Gasteiger partial charge in [-0.15, -0.1) is 0 Å². The smallest absolute Gasteiger partial charge is 0.164 e. The van der Waals surface area contributed by atoms with Gasteiger partial charge in [0.25, 0.3) is 0 Å². The predicted octanol–water partition coefficient (Wildman–Crippen LogP) is 8.34. The minimum Gasteiger partial charge on any atom is -0.373 e. The van der Waals surface area contributed by atoms with Gasteiger partial charge in [0.15, 0.2) is 23.3 Å². The van der Waals surface area contributed by atoms with E-state index in [0.29, 0.717) is 54.7 Å². The summed E-state index contributed by atoms with van der Waals surface area (Å²) in [6.45, 7) is 4.01. The molecule has 0 saturated heterocycles. The fourth-order valence-electron chi connectivity index (χ4n) is 5.54. The summed E-state index contributed by atoms with van der Waals surface area (Å²) in [7, 11) is 0. The van der Waals surface area contributed by atoms with Crippen molar-refractivity contribution in [3.05, 3.63) is 69.8 Å². The molecular formula is C28H34F4O. The van der Waals surface area contributed by atoms with Crippen LogP contribution < -0.4 is 0 Å². The maximum absolute atomic E-state index is 15.0. The molecule has 0 radical (unpaired) electrons. The van der Waals surface area contributed by atoms with Crippen LogP contribution in [-0.2, 0) is 17.8 Å². The van der Waals surface area contributed by atoms with E-state index in [1.807, 2.05) is 0 Å². The first-order valence-electron chi connectivity index (χ1n) is 12.4. The molecule has 2 aliphatic carbocycles. The molecule has 0 bridgehead atoms. The van der Waals surface area contributed by atoms with Crippen molar-refractivity contribution >= 4 is 0 Å². The number of rotatable bonds is 6. The third-order valence-corrected chi connectivity index (χ3v) is 7.81. The van der Waals surface area contributed by atoms with Gasteiger partial charge in [0.05, 0.1) is 12.7 Å². The van der Waals surface area contributed by atoms with Crippen molar-refractivity contribution < 1.29 is 22.3 Å². The highest BCUT2D eigenvalue weighted by molar-refractivity contribution is 5.32. The Labute approximate surface area is 194 Å². The Morgan fingerprint density at radius 3 is 1.70 bits per heavy atom. The lowest BCUT2D eigenvalue weighted by Crippen LogP contribution is -2.22.